The fourth-order valence-electron chi connectivity index (χ4n) is 12.4. The molecule has 0 heterocycles. The predicted octanol–water partition coefficient (Wildman–Crippen LogP) is 5.28. The first kappa shape index (κ1) is 39.2. The van der Waals surface area contributed by atoms with E-state index in [9.17, 15) is 35.1 Å². The molecule has 5 aliphatic rings. The minimum absolute atomic E-state index is 0.0898. The van der Waals surface area contributed by atoms with Gasteiger partial charge in [-0.15, -0.1) is 0 Å². The highest BCUT2D eigenvalue weighted by molar-refractivity contribution is 5.88. The summed E-state index contributed by atoms with van der Waals surface area (Å²) in [6.07, 6.45) is 5.57. The van der Waals surface area contributed by atoms with Gasteiger partial charge in [-0.3, -0.25) is 0 Å². The van der Waals surface area contributed by atoms with Crippen molar-refractivity contribution in [1.29, 1.82) is 0 Å². The van der Waals surface area contributed by atoms with Gasteiger partial charge >= 0.3 is 11.9 Å². The van der Waals surface area contributed by atoms with Crippen molar-refractivity contribution >= 4 is 11.9 Å². The summed E-state index contributed by atoms with van der Waals surface area (Å²) in [5.74, 6) is -2.09. The Morgan fingerprint density at radius 1 is 0.860 bits per heavy atom. The summed E-state index contributed by atoms with van der Waals surface area (Å²) in [4.78, 5) is 26.4. The molecule has 0 spiro atoms. The van der Waals surface area contributed by atoms with Gasteiger partial charge in [-0.25, -0.2) is 9.59 Å². The number of esters is 2. The second-order valence-electron chi connectivity index (χ2n) is 18.3. The molecule has 5 aliphatic carbocycles. The molecule has 0 aromatic heterocycles. The predicted molar refractivity (Wildman–Crippen MR) is 190 cm³/mol. The lowest BCUT2D eigenvalue weighted by molar-refractivity contribution is -0.284. The van der Waals surface area contributed by atoms with Gasteiger partial charge in [0.1, 0.15) is 6.10 Å². The van der Waals surface area contributed by atoms with Crippen LogP contribution in [0.3, 0.4) is 0 Å². The van der Waals surface area contributed by atoms with E-state index in [4.69, 9.17) is 9.47 Å². The molecule has 13 atom stereocenters. The smallest absolute Gasteiger partial charge is 0.333 e. The maximum absolute atomic E-state index is 13.4. The number of allylic oxidation sites excluding steroid dienone is 3. The number of aliphatic hydroxyl groups is 5. The van der Waals surface area contributed by atoms with E-state index in [1.54, 1.807) is 39.8 Å². The number of rotatable bonds is 7. The van der Waals surface area contributed by atoms with Crippen LogP contribution >= 0.6 is 0 Å². The number of ether oxygens (including phenoxy) is 2. The Bertz CT molecular complexity index is 1450. The van der Waals surface area contributed by atoms with Crippen molar-refractivity contribution in [2.75, 3.05) is 19.8 Å². The van der Waals surface area contributed by atoms with Crippen LogP contribution in [0.15, 0.2) is 34.9 Å². The number of carbonyl (C=O) groups excluding carboxylic acids is 2. The number of fused-ring (bicyclic) bond motifs is 7. The molecular weight excluding hydrogens is 636 g/mol. The molecule has 50 heavy (non-hydrogen) atoms. The third-order valence-corrected chi connectivity index (χ3v) is 16.0. The summed E-state index contributed by atoms with van der Waals surface area (Å²) >= 11 is 0. The van der Waals surface area contributed by atoms with Crippen LogP contribution in [0.1, 0.15) is 108 Å². The molecule has 0 bridgehead atoms. The van der Waals surface area contributed by atoms with E-state index in [-0.39, 0.29) is 30.5 Å². The molecule has 0 radical (unpaired) electrons. The van der Waals surface area contributed by atoms with Crippen LogP contribution in [0.4, 0.5) is 0 Å². The average molecular weight is 701 g/mol. The normalized spacial score (nSPS) is 47.1. The summed E-state index contributed by atoms with van der Waals surface area (Å²) in [5.41, 5.74) is -2.37. The topological polar surface area (TPSA) is 154 Å². The maximum Gasteiger partial charge on any atom is 0.333 e. The molecule has 9 nitrogen and oxygen atoms in total. The number of carbonyl (C=O) groups is 2. The molecule has 4 saturated carbocycles. The molecular formula is C41H64O9. The van der Waals surface area contributed by atoms with Crippen LogP contribution in [0, 0.1) is 56.2 Å². The van der Waals surface area contributed by atoms with Gasteiger partial charge < -0.3 is 35.0 Å². The van der Waals surface area contributed by atoms with E-state index >= 15 is 0 Å². The quantitative estimate of drug-likeness (QED) is 0.136. The first-order chi connectivity index (χ1) is 23.2. The lowest BCUT2D eigenvalue weighted by Gasteiger charge is -2.73. The van der Waals surface area contributed by atoms with Gasteiger partial charge in [-0.05, 0) is 94.8 Å². The van der Waals surface area contributed by atoms with Crippen molar-refractivity contribution in [3.8, 4) is 0 Å². The van der Waals surface area contributed by atoms with Gasteiger partial charge in [0, 0.05) is 38.7 Å². The van der Waals surface area contributed by atoms with Gasteiger partial charge in [0.2, 0.25) is 0 Å². The Hall–Kier alpha value is -2.04. The minimum Gasteiger partial charge on any atom is -0.462 e. The monoisotopic (exact) mass is 700 g/mol. The van der Waals surface area contributed by atoms with E-state index in [2.05, 4.69) is 26.8 Å². The lowest BCUT2D eigenvalue weighted by Crippen LogP contribution is -2.75. The molecule has 9 heteroatoms. The third-order valence-electron chi connectivity index (χ3n) is 16.0. The zero-order valence-electron chi connectivity index (χ0n) is 32.1. The minimum atomic E-state index is -1.43. The zero-order valence-corrected chi connectivity index (χ0v) is 32.1. The lowest BCUT2D eigenvalue weighted by atomic mass is 9.32. The largest absolute Gasteiger partial charge is 0.462 e. The van der Waals surface area contributed by atoms with Crippen LogP contribution in [-0.2, 0) is 19.1 Å². The first-order valence-corrected chi connectivity index (χ1v) is 18.8. The molecule has 0 saturated heterocycles. The van der Waals surface area contributed by atoms with Crippen molar-refractivity contribution in [2.45, 2.75) is 132 Å². The van der Waals surface area contributed by atoms with Gasteiger partial charge in [0.25, 0.3) is 0 Å². The first-order valence-electron chi connectivity index (χ1n) is 18.8. The second-order valence-corrected chi connectivity index (χ2v) is 18.3. The maximum atomic E-state index is 13.4. The van der Waals surface area contributed by atoms with Gasteiger partial charge in [-0.1, -0.05) is 65.3 Å². The van der Waals surface area contributed by atoms with Crippen LogP contribution in [0.25, 0.3) is 0 Å². The Morgan fingerprint density at radius 3 is 2.06 bits per heavy atom. The van der Waals surface area contributed by atoms with Gasteiger partial charge in [0.15, 0.2) is 0 Å². The number of hydrogen-bond acceptors (Lipinski definition) is 9. The Balaban J connectivity index is 1.66. The van der Waals surface area contributed by atoms with Crippen LogP contribution < -0.4 is 0 Å². The van der Waals surface area contributed by atoms with E-state index in [1.807, 2.05) is 20.8 Å². The summed E-state index contributed by atoms with van der Waals surface area (Å²) < 4.78 is 12.1. The Kier molecular flexibility index (Phi) is 10.3. The molecule has 0 aromatic rings. The van der Waals surface area contributed by atoms with E-state index in [0.29, 0.717) is 24.0 Å². The van der Waals surface area contributed by atoms with Crippen LogP contribution in [0.5, 0.6) is 0 Å². The summed E-state index contributed by atoms with van der Waals surface area (Å²) in [6.45, 7) is 18.7. The number of hydrogen-bond donors (Lipinski definition) is 5. The SMILES string of the molecule is C/C=C(/C)C(=O)OCC1[C@H](OC(=O)/C(C)=C\C)C(C)(C)CC2C3=CCC4[C@@]5(C)CC[C@H](O)[C@](C)(CO)C5CC[C@@]4(C)[C@]3(C)[C@@H](O)[C@@H](O)[C@]21CO. The highest BCUT2D eigenvalue weighted by Gasteiger charge is 2.75. The standard InChI is InChI=1S/C41H64O9/c1-11-23(3)34(47)49-20-27-33(50-35(48)24(4)12-2)36(5,6)19-26-25-13-14-29-37(7)17-16-30(44)38(8,21-42)28(37)15-18-39(29,9)40(25,10)31(45)32(46)41(26,27)22-43/h11-13,26-33,42-46H,14-22H2,1-10H3/b23-11-,24-12-/t26?,27?,28?,29?,30-,31-,32+,33-,37-,38+,39+,40-,41+/m0/s1. The van der Waals surface area contributed by atoms with Crippen molar-refractivity contribution in [3.05, 3.63) is 34.9 Å². The Morgan fingerprint density at radius 2 is 1.48 bits per heavy atom. The second kappa shape index (κ2) is 13.1. The molecule has 4 unspecified atom stereocenters. The van der Waals surface area contributed by atoms with Crippen molar-refractivity contribution < 1.29 is 44.6 Å². The molecule has 5 rings (SSSR count). The van der Waals surface area contributed by atoms with Crippen LogP contribution in [-0.4, -0.2) is 81.7 Å². The highest BCUT2D eigenvalue weighted by atomic mass is 16.6. The highest BCUT2D eigenvalue weighted by Crippen LogP contribution is 2.76. The fourth-order valence-corrected chi connectivity index (χ4v) is 12.4. The summed E-state index contributed by atoms with van der Waals surface area (Å²) in [6, 6.07) is 0. The molecule has 0 aliphatic heterocycles. The van der Waals surface area contributed by atoms with Crippen LogP contribution in [0.2, 0.25) is 0 Å². The molecule has 4 fully saturated rings. The summed E-state index contributed by atoms with van der Waals surface area (Å²) in [5, 5.41) is 58.6. The van der Waals surface area contributed by atoms with Gasteiger partial charge in [-0.2, -0.15) is 0 Å². The van der Waals surface area contributed by atoms with Gasteiger partial charge in [0.05, 0.1) is 38.1 Å². The molecule has 0 amide bonds. The molecule has 282 valence electrons. The van der Waals surface area contributed by atoms with E-state index in [0.717, 1.165) is 31.3 Å². The van der Waals surface area contributed by atoms with E-state index < -0.39 is 81.9 Å². The third kappa shape index (κ3) is 5.18. The van der Waals surface area contributed by atoms with Crippen molar-refractivity contribution in [1.82, 2.24) is 0 Å². The molecule has 0 aromatic carbocycles. The van der Waals surface area contributed by atoms with E-state index in [1.165, 1.54) is 0 Å². The molecule has 5 N–H and O–H groups in total. The Labute approximate surface area is 299 Å². The number of aliphatic hydroxyl groups excluding tert-OH is 5. The summed E-state index contributed by atoms with van der Waals surface area (Å²) in [7, 11) is 0. The zero-order chi connectivity index (χ0) is 37.4. The average Bonchev–Trinajstić information content (AvgIpc) is 3.08. The fraction of sp³-hybridized carbons (Fsp3) is 0.805. The van der Waals surface area contributed by atoms with Crippen molar-refractivity contribution in [2.24, 2.45) is 56.2 Å². The van der Waals surface area contributed by atoms with Crippen molar-refractivity contribution in [3.63, 3.8) is 0 Å².